The number of rotatable bonds is 4. The Kier molecular flexibility index (Phi) is 4.40. The van der Waals surface area contributed by atoms with E-state index in [1.54, 1.807) is 0 Å². The van der Waals surface area contributed by atoms with Crippen LogP contribution in [0.4, 0.5) is 4.39 Å². The van der Waals surface area contributed by atoms with E-state index < -0.39 is 5.82 Å². The number of pyridine rings is 1. The van der Waals surface area contributed by atoms with Crippen LogP contribution in [0.2, 0.25) is 0 Å². The highest BCUT2D eigenvalue weighted by atomic mass is 19.1. The Hall–Kier alpha value is -2.77. The van der Waals surface area contributed by atoms with Crippen molar-refractivity contribution in [2.24, 2.45) is 0 Å². The molecular weight excluding hydrogens is 337 g/mol. The fourth-order valence-corrected chi connectivity index (χ4v) is 3.49. The molecule has 4 rings (SSSR count). The van der Waals surface area contributed by atoms with Crippen LogP contribution < -0.4 is 4.74 Å². The van der Waals surface area contributed by atoms with E-state index in [0.717, 1.165) is 30.7 Å². The van der Waals surface area contributed by atoms with Gasteiger partial charge in [-0.3, -0.25) is 4.79 Å². The van der Waals surface area contributed by atoms with Crippen molar-refractivity contribution in [2.45, 2.75) is 45.4 Å². The number of hydrogen-bond donors (Lipinski definition) is 0. The predicted octanol–water partition coefficient (Wildman–Crippen LogP) is 2.40. The van der Waals surface area contributed by atoms with E-state index in [1.165, 1.54) is 18.3 Å². The molecule has 2 aromatic rings. The fraction of sp³-hybridized carbons (Fsp3) is 0.444. The molecule has 2 aliphatic rings. The first kappa shape index (κ1) is 16.7. The summed E-state index contributed by atoms with van der Waals surface area (Å²) in [6, 6.07) is 2.64. The van der Waals surface area contributed by atoms with Gasteiger partial charge in [-0.2, -0.15) is 0 Å². The first-order chi connectivity index (χ1) is 12.6. The van der Waals surface area contributed by atoms with Gasteiger partial charge < -0.3 is 14.2 Å². The van der Waals surface area contributed by atoms with Gasteiger partial charge in [0.05, 0.1) is 6.04 Å². The first-order valence-electron chi connectivity index (χ1n) is 8.80. The van der Waals surface area contributed by atoms with Crippen LogP contribution in [-0.4, -0.2) is 37.1 Å². The Labute approximate surface area is 150 Å². The molecule has 1 atom stereocenters. The Morgan fingerprint density at radius 3 is 3.04 bits per heavy atom. The summed E-state index contributed by atoms with van der Waals surface area (Å²) in [4.78, 5) is 18.4. The van der Waals surface area contributed by atoms with E-state index in [1.807, 2.05) is 22.5 Å². The molecule has 1 aliphatic carbocycles. The van der Waals surface area contributed by atoms with Gasteiger partial charge in [-0.05, 0) is 38.3 Å². The van der Waals surface area contributed by atoms with Crippen molar-refractivity contribution in [3.8, 4) is 5.88 Å². The van der Waals surface area contributed by atoms with Crippen LogP contribution in [0.5, 0.6) is 5.88 Å². The monoisotopic (exact) mass is 357 g/mol. The molecule has 136 valence electrons. The van der Waals surface area contributed by atoms with Gasteiger partial charge in [0.2, 0.25) is 5.91 Å². The van der Waals surface area contributed by atoms with Gasteiger partial charge in [-0.25, -0.2) is 9.37 Å². The van der Waals surface area contributed by atoms with Crippen molar-refractivity contribution in [3.05, 3.63) is 47.4 Å². The molecule has 1 aliphatic heterocycles. The number of amides is 1. The number of hydrogen-bond acceptors (Lipinski definition) is 5. The zero-order valence-electron chi connectivity index (χ0n) is 14.6. The van der Waals surface area contributed by atoms with Gasteiger partial charge in [0.25, 0.3) is 5.88 Å². The molecule has 8 heteroatoms. The van der Waals surface area contributed by atoms with E-state index >= 15 is 0 Å². The van der Waals surface area contributed by atoms with Gasteiger partial charge in [-0.15, -0.1) is 10.2 Å². The summed E-state index contributed by atoms with van der Waals surface area (Å²) in [7, 11) is 0. The number of carbonyl (C=O) groups is 1. The lowest BCUT2D eigenvalue weighted by atomic mass is 10.1. The minimum Gasteiger partial charge on any atom is -0.467 e. The van der Waals surface area contributed by atoms with Crippen LogP contribution >= 0.6 is 0 Å². The zero-order chi connectivity index (χ0) is 18.1. The number of fused-ring (bicyclic) bond motifs is 1. The highest BCUT2D eigenvalue weighted by Gasteiger charge is 2.33. The molecule has 0 fully saturated rings. The Morgan fingerprint density at radius 2 is 2.27 bits per heavy atom. The molecule has 0 saturated carbocycles. The van der Waals surface area contributed by atoms with Gasteiger partial charge in [0.1, 0.15) is 6.61 Å². The highest BCUT2D eigenvalue weighted by Crippen LogP contribution is 2.29. The lowest BCUT2D eigenvalue weighted by Gasteiger charge is -2.34. The van der Waals surface area contributed by atoms with Crippen molar-refractivity contribution >= 4 is 5.91 Å². The minimum absolute atomic E-state index is 0.0568. The Bertz CT molecular complexity index is 863. The van der Waals surface area contributed by atoms with Crippen LogP contribution in [0.3, 0.4) is 0 Å². The van der Waals surface area contributed by atoms with E-state index in [0.29, 0.717) is 18.9 Å². The molecule has 0 N–H and O–H groups in total. The Balaban J connectivity index is 1.49. The molecule has 2 aromatic heterocycles. The molecule has 1 amide bonds. The molecular formula is C18H20FN5O2. The summed E-state index contributed by atoms with van der Waals surface area (Å²) in [6.45, 7) is 3.21. The normalized spacial score (nSPS) is 19.2. The summed E-state index contributed by atoms with van der Waals surface area (Å²) in [6.07, 6.45) is 6.38. The summed E-state index contributed by atoms with van der Waals surface area (Å²) < 4.78 is 21.0. The minimum atomic E-state index is -0.513. The van der Waals surface area contributed by atoms with E-state index in [2.05, 4.69) is 15.2 Å². The van der Waals surface area contributed by atoms with Crippen molar-refractivity contribution < 1.29 is 13.9 Å². The van der Waals surface area contributed by atoms with Crippen LogP contribution in [0.25, 0.3) is 0 Å². The number of halogens is 1. The van der Waals surface area contributed by atoms with Gasteiger partial charge in [0, 0.05) is 24.9 Å². The molecule has 0 aromatic carbocycles. The number of ether oxygens (including phenoxy) is 1. The quantitative estimate of drug-likeness (QED) is 0.840. The number of allylic oxidation sites excluding steroid dienone is 1. The lowest BCUT2D eigenvalue weighted by Crippen LogP contribution is -2.42. The third-order valence-corrected chi connectivity index (χ3v) is 4.90. The van der Waals surface area contributed by atoms with Crippen molar-refractivity contribution in [3.63, 3.8) is 0 Å². The molecule has 7 nitrogen and oxygen atoms in total. The summed E-state index contributed by atoms with van der Waals surface area (Å²) >= 11 is 0. The van der Waals surface area contributed by atoms with Crippen molar-refractivity contribution in [1.29, 1.82) is 0 Å². The van der Waals surface area contributed by atoms with Crippen LogP contribution in [0, 0.1) is 5.82 Å². The third-order valence-electron chi connectivity index (χ3n) is 4.90. The predicted molar refractivity (Wildman–Crippen MR) is 90.6 cm³/mol. The summed E-state index contributed by atoms with van der Waals surface area (Å²) in [5.41, 5.74) is 0.902. The van der Waals surface area contributed by atoms with Gasteiger partial charge >= 0.3 is 0 Å². The maximum Gasteiger partial charge on any atom is 0.250 e. The van der Waals surface area contributed by atoms with E-state index in [9.17, 15) is 9.18 Å². The average molecular weight is 357 g/mol. The fourth-order valence-electron chi connectivity index (χ4n) is 3.49. The van der Waals surface area contributed by atoms with Crippen molar-refractivity contribution in [1.82, 2.24) is 24.6 Å². The summed E-state index contributed by atoms with van der Waals surface area (Å²) in [5.74, 6) is 0.851. The number of nitrogens with zero attached hydrogens (tertiary/aromatic N) is 5. The molecule has 0 bridgehead atoms. The second-order valence-corrected chi connectivity index (χ2v) is 6.50. The molecule has 0 radical (unpaired) electrons. The molecule has 3 heterocycles. The second-order valence-electron chi connectivity index (χ2n) is 6.50. The topological polar surface area (TPSA) is 73.1 Å². The first-order valence-corrected chi connectivity index (χ1v) is 8.80. The lowest BCUT2D eigenvalue weighted by molar-refractivity contribution is -0.130. The smallest absolute Gasteiger partial charge is 0.250 e. The van der Waals surface area contributed by atoms with E-state index in [4.69, 9.17) is 4.74 Å². The standard InChI is InChI=1S/C18H20FN5O2/c1-12-16-22-21-15(11-26-17-14(19)7-4-8-20-17)24(16)10-9-23(12)18(25)13-5-2-3-6-13/h4-5,7-8,12H,2-3,6,9-11H2,1H3/t12-/m0/s1. The number of aromatic nitrogens is 4. The largest absolute Gasteiger partial charge is 0.467 e. The SMILES string of the molecule is C[C@H]1c2nnc(COc3ncccc3F)n2CCN1C(=O)C1=CCCC1. The highest BCUT2D eigenvalue weighted by molar-refractivity contribution is 5.94. The average Bonchev–Trinajstić information content (AvgIpc) is 3.31. The maximum absolute atomic E-state index is 13.6. The maximum atomic E-state index is 13.6. The molecule has 26 heavy (non-hydrogen) atoms. The summed E-state index contributed by atoms with van der Waals surface area (Å²) in [5, 5.41) is 8.41. The van der Waals surface area contributed by atoms with E-state index in [-0.39, 0.29) is 24.4 Å². The third kappa shape index (κ3) is 2.95. The van der Waals surface area contributed by atoms with Crippen LogP contribution in [0.15, 0.2) is 30.0 Å². The van der Waals surface area contributed by atoms with Gasteiger partial charge in [-0.1, -0.05) is 6.08 Å². The van der Waals surface area contributed by atoms with Crippen molar-refractivity contribution in [2.75, 3.05) is 6.54 Å². The number of carbonyl (C=O) groups excluding carboxylic acids is 1. The zero-order valence-corrected chi connectivity index (χ0v) is 14.6. The van der Waals surface area contributed by atoms with Crippen LogP contribution in [-0.2, 0) is 17.9 Å². The second kappa shape index (κ2) is 6.86. The van der Waals surface area contributed by atoms with Crippen LogP contribution in [0.1, 0.15) is 43.9 Å². The molecule has 0 spiro atoms. The molecule has 0 saturated heterocycles. The van der Waals surface area contributed by atoms with Gasteiger partial charge in [0.15, 0.2) is 17.5 Å². The Morgan fingerprint density at radius 1 is 1.38 bits per heavy atom. The molecule has 0 unspecified atom stereocenters.